The summed E-state index contributed by atoms with van der Waals surface area (Å²) in [6, 6.07) is 8.94. The number of benzene rings is 2. The number of ether oxygens (including phenoxy) is 3. The molecule has 0 unspecified atom stereocenters. The Hall–Kier alpha value is -3.17. The first-order valence-corrected chi connectivity index (χ1v) is 18.9. The number of anilines is 1. The third-order valence-electron chi connectivity index (χ3n) is 7.67. The first-order valence-electron chi connectivity index (χ1n) is 15.2. The lowest BCUT2D eigenvalue weighted by Crippen LogP contribution is -2.45. The van der Waals surface area contributed by atoms with Crippen LogP contribution < -0.4 is 15.0 Å². The molecule has 1 N–H and O–H groups in total. The molecule has 0 saturated heterocycles. The molecule has 0 bridgehead atoms. The van der Waals surface area contributed by atoms with E-state index in [1.807, 2.05) is 13.1 Å². The molecular formula is C33H45BrF4N2O7Si. The van der Waals surface area contributed by atoms with Crippen molar-refractivity contribution in [3.8, 4) is 5.75 Å². The van der Waals surface area contributed by atoms with Crippen molar-refractivity contribution in [3.63, 3.8) is 0 Å². The number of hydrogen-bond donors (Lipinski definition) is 1. The maximum Gasteiger partial charge on any atom is 0.471 e. The fourth-order valence-electron chi connectivity index (χ4n) is 4.13. The van der Waals surface area contributed by atoms with Crippen molar-refractivity contribution >= 4 is 47.9 Å². The Labute approximate surface area is 288 Å². The minimum Gasteiger partial charge on any atom is -0.487 e. The van der Waals surface area contributed by atoms with Crippen molar-refractivity contribution in [1.82, 2.24) is 5.32 Å². The average Bonchev–Trinajstić information content (AvgIpc) is 2.95. The fourth-order valence-corrected chi connectivity index (χ4v) is 5.73. The number of alkyl halides is 3. The predicted octanol–water partition coefficient (Wildman–Crippen LogP) is 8.08. The minimum atomic E-state index is -5.48. The highest BCUT2D eigenvalue weighted by Gasteiger charge is 2.46. The van der Waals surface area contributed by atoms with Crippen LogP contribution in [0.25, 0.3) is 0 Å². The van der Waals surface area contributed by atoms with Gasteiger partial charge in [-0.15, -0.1) is 0 Å². The number of rotatable bonds is 13. The lowest BCUT2D eigenvalue weighted by molar-refractivity contribution is -0.171. The summed E-state index contributed by atoms with van der Waals surface area (Å²) in [6.07, 6.45) is -6.34. The predicted molar refractivity (Wildman–Crippen MR) is 180 cm³/mol. The van der Waals surface area contributed by atoms with Crippen molar-refractivity contribution in [3.05, 3.63) is 57.8 Å². The van der Waals surface area contributed by atoms with Crippen LogP contribution in [0.5, 0.6) is 5.75 Å². The van der Waals surface area contributed by atoms with Gasteiger partial charge in [0.1, 0.15) is 30.2 Å². The van der Waals surface area contributed by atoms with Crippen LogP contribution in [0, 0.1) is 5.82 Å². The maximum absolute atomic E-state index is 16.7. The van der Waals surface area contributed by atoms with Crippen molar-refractivity contribution in [2.75, 3.05) is 25.2 Å². The smallest absolute Gasteiger partial charge is 0.471 e. The average molecular weight is 766 g/mol. The van der Waals surface area contributed by atoms with Gasteiger partial charge in [-0.2, -0.15) is 13.2 Å². The second kappa shape index (κ2) is 16.5. The number of methoxy groups -OCH3 is 1. The fraction of sp³-hybridized carbons (Fsp3) is 0.545. The molecule has 0 radical (unpaired) electrons. The molecule has 0 aliphatic rings. The van der Waals surface area contributed by atoms with Gasteiger partial charge in [0.25, 0.3) is 0 Å². The molecule has 0 heterocycles. The third kappa shape index (κ3) is 12.1. The van der Waals surface area contributed by atoms with Crippen LogP contribution in [0.15, 0.2) is 40.9 Å². The number of carbonyl (C=O) groups excluding carboxylic acids is 3. The van der Waals surface area contributed by atoms with Gasteiger partial charge in [-0.05, 0) is 63.4 Å². The van der Waals surface area contributed by atoms with E-state index in [9.17, 15) is 27.6 Å². The van der Waals surface area contributed by atoms with Gasteiger partial charge in [-0.25, -0.2) is 9.18 Å². The van der Waals surface area contributed by atoms with E-state index in [4.69, 9.17) is 13.9 Å². The molecule has 2 amide bonds. The standard InChI is InChI=1S/C33H45BrF4N2O7Si/c1-31(2,3)47-30(43)39-22(15-16-46-48(8,9)32(4,5)6)17-23-24(34)18-25(45-20-21-13-11-10-12-14-21)28(27(23)35)40(19-26(41)44-7)29(42)33(36,37)38/h10-14,18,22H,15-17,19-20H2,1-9H3,(H,39,43)/t22-/m1/s1. The van der Waals surface area contributed by atoms with Crippen LogP contribution in [-0.4, -0.2) is 64.4 Å². The second-order valence-electron chi connectivity index (χ2n) is 13.7. The molecule has 9 nitrogen and oxygen atoms in total. The van der Waals surface area contributed by atoms with Crippen LogP contribution in [0.1, 0.15) is 59.1 Å². The Bertz CT molecular complexity index is 1430. The van der Waals surface area contributed by atoms with Gasteiger partial charge in [0.05, 0.1) is 7.11 Å². The monoisotopic (exact) mass is 764 g/mol. The molecule has 1 atom stereocenters. The van der Waals surface area contributed by atoms with Gasteiger partial charge in [0.15, 0.2) is 14.1 Å². The highest BCUT2D eigenvalue weighted by molar-refractivity contribution is 9.10. The number of halogens is 5. The number of esters is 1. The highest BCUT2D eigenvalue weighted by atomic mass is 79.9. The van der Waals surface area contributed by atoms with E-state index in [1.165, 1.54) is 6.07 Å². The topological polar surface area (TPSA) is 103 Å². The van der Waals surface area contributed by atoms with Crippen molar-refractivity contribution in [1.29, 1.82) is 0 Å². The van der Waals surface area contributed by atoms with E-state index in [-0.39, 0.29) is 46.0 Å². The van der Waals surface area contributed by atoms with E-state index < -0.39 is 67.9 Å². The summed E-state index contributed by atoms with van der Waals surface area (Å²) in [5.74, 6) is -5.44. The van der Waals surface area contributed by atoms with Crippen molar-refractivity contribution < 1.29 is 50.6 Å². The minimum absolute atomic E-state index is 0.0473. The zero-order valence-corrected chi connectivity index (χ0v) is 31.4. The van der Waals surface area contributed by atoms with E-state index in [0.717, 1.165) is 7.11 Å². The van der Waals surface area contributed by atoms with Gasteiger partial charge in [0.2, 0.25) is 0 Å². The van der Waals surface area contributed by atoms with Crippen LogP contribution in [0.3, 0.4) is 0 Å². The number of alkyl carbamates (subject to hydrolysis) is 1. The van der Waals surface area contributed by atoms with Crippen molar-refractivity contribution in [2.45, 2.75) is 96.9 Å². The van der Waals surface area contributed by atoms with Crippen LogP contribution >= 0.6 is 15.9 Å². The molecular weight excluding hydrogens is 720 g/mol. The quantitative estimate of drug-likeness (QED) is 0.125. The third-order valence-corrected chi connectivity index (χ3v) is 12.9. The summed E-state index contributed by atoms with van der Waals surface area (Å²) in [6.45, 7) is 14.0. The van der Waals surface area contributed by atoms with E-state index in [2.05, 4.69) is 46.8 Å². The number of amides is 2. The van der Waals surface area contributed by atoms with Gasteiger partial charge < -0.3 is 24.0 Å². The van der Waals surface area contributed by atoms with E-state index >= 15 is 4.39 Å². The Morgan fingerprint density at radius 2 is 1.62 bits per heavy atom. The summed E-state index contributed by atoms with van der Waals surface area (Å²) >= 11 is 3.31. The molecule has 15 heteroatoms. The second-order valence-corrected chi connectivity index (χ2v) is 19.3. The van der Waals surface area contributed by atoms with Gasteiger partial charge in [-0.1, -0.05) is 67.0 Å². The summed E-state index contributed by atoms with van der Waals surface area (Å²) in [7, 11) is -1.30. The first kappa shape index (κ1) is 41.0. The van der Waals surface area contributed by atoms with Gasteiger partial charge in [-0.3, -0.25) is 14.5 Å². The molecule has 0 fully saturated rings. The molecule has 0 aliphatic carbocycles. The largest absolute Gasteiger partial charge is 0.487 e. The molecule has 268 valence electrons. The molecule has 48 heavy (non-hydrogen) atoms. The Morgan fingerprint density at radius 3 is 2.15 bits per heavy atom. The van der Waals surface area contributed by atoms with Crippen LogP contribution in [-0.2, 0) is 36.5 Å². The summed E-state index contributed by atoms with van der Waals surface area (Å²) in [5.41, 5.74) is -1.34. The molecule has 2 aromatic rings. The Balaban J connectivity index is 2.67. The van der Waals surface area contributed by atoms with Crippen molar-refractivity contribution in [2.24, 2.45) is 0 Å². The maximum atomic E-state index is 16.7. The normalized spacial score (nSPS) is 13.0. The molecule has 2 aromatic carbocycles. The molecule has 2 rings (SSSR count). The summed E-state index contributed by atoms with van der Waals surface area (Å²) in [5, 5.41) is 2.60. The number of nitrogens with zero attached hydrogens (tertiary/aromatic N) is 1. The zero-order valence-electron chi connectivity index (χ0n) is 28.8. The lowest BCUT2D eigenvalue weighted by Gasteiger charge is -2.36. The lowest BCUT2D eigenvalue weighted by atomic mass is 10.0. The number of carbonyl (C=O) groups is 3. The van der Waals surface area contributed by atoms with Crippen LogP contribution in [0.4, 0.5) is 28.0 Å². The molecule has 0 spiro atoms. The molecule has 0 aromatic heterocycles. The summed E-state index contributed by atoms with van der Waals surface area (Å²) in [4.78, 5) is 37.7. The SMILES string of the molecule is COC(=O)CN(C(=O)C(F)(F)F)c1c(OCc2ccccc2)cc(Br)c(C[C@@H](CCO[Si](C)(C)C(C)(C)C)NC(=O)OC(C)(C)C)c1F. The van der Waals surface area contributed by atoms with Gasteiger partial charge >= 0.3 is 24.1 Å². The van der Waals surface area contributed by atoms with E-state index in [1.54, 1.807) is 51.1 Å². The Morgan fingerprint density at radius 1 is 1.02 bits per heavy atom. The molecule has 0 saturated carbocycles. The van der Waals surface area contributed by atoms with Crippen LogP contribution in [0.2, 0.25) is 18.1 Å². The van der Waals surface area contributed by atoms with E-state index in [0.29, 0.717) is 5.56 Å². The van der Waals surface area contributed by atoms with Gasteiger partial charge in [0, 0.05) is 22.7 Å². The first-order chi connectivity index (χ1) is 22.0. The number of nitrogens with one attached hydrogen (secondary N) is 1. The zero-order chi connectivity index (χ0) is 36.7. The summed E-state index contributed by atoms with van der Waals surface area (Å²) < 4.78 is 80.4. The molecule has 0 aliphatic heterocycles. The Kier molecular flexibility index (Phi) is 14.1. The highest BCUT2D eigenvalue weighted by Crippen LogP contribution is 2.41. The number of hydrogen-bond acceptors (Lipinski definition) is 7.